The van der Waals surface area contributed by atoms with Crippen LogP contribution in [0.2, 0.25) is 9.94 Å². The van der Waals surface area contributed by atoms with Crippen molar-refractivity contribution < 1.29 is 0 Å². The van der Waals surface area contributed by atoms with Crippen molar-refractivity contribution in [2.24, 2.45) is 0 Å². The van der Waals surface area contributed by atoms with Gasteiger partial charge in [0.05, 0.1) is 0 Å². The summed E-state index contributed by atoms with van der Waals surface area (Å²) < 4.78 is 6.62. The minimum atomic E-state index is -0.164. The van der Waals surface area contributed by atoms with Crippen LogP contribution in [-0.2, 0) is 0 Å². The molecule has 4 heterocycles. The van der Waals surface area contributed by atoms with Gasteiger partial charge in [0.15, 0.2) is 0 Å². The van der Waals surface area contributed by atoms with Crippen LogP contribution in [0.4, 0.5) is 0 Å². The Hall–Kier alpha value is -5.04. The normalized spacial score (nSPS) is 10.3. The zero-order chi connectivity index (χ0) is 34.6. The van der Waals surface area contributed by atoms with E-state index in [1.54, 1.807) is 49.6 Å². The molecule has 0 amide bonds. The monoisotopic (exact) mass is 878 g/mol. The first kappa shape index (κ1) is 36.2. The van der Waals surface area contributed by atoms with Crippen molar-refractivity contribution in [3.05, 3.63) is 180 Å². The molecule has 0 radical (unpaired) electrons. The first-order valence-electron chi connectivity index (χ1n) is 15.7. The molecule has 7 aromatic rings. The Morgan fingerprint density at radius 1 is 0.420 bits per heavy atom. The summed E-state index contributed by atoms with van der Waals surface area (Å²) in [6.45, 7) is 0. The van der Waals surface area contributed by atoms with Crippen LogP contribution in [0.1, 0.15) is 33.4 Å². The quantitative estimate of drug-likeness (QED) is 0.101. The van der Waals surface area contributed by atoms with E-state index in [4.69, 9.17) is 0 Å². The van der Waals surface area contributed by atoms with Gasteiger partial charge in [-0.2, -0.15) is 0 Å². The number of nitrogens with zero attached hydrogens (tertiary/aromatic N) is 4. The summed E-state index contributed by atoms with van der Waals surface area (Å²) in [6.07, 6.45) is 22.5. The molecule has 242 valence electrons. The second kappa shape index (κ2) is 20.5. The fraction of sp³-hybridized carbons (Fsp3) is 0.0455. The first-order chi connectivity index (χ1) is 24.7. The number of hydrogen-bond acceptors (Lipinski definition) is 4. The molecule has 0 unspecified atom stereocenters. The average Bonchev–Trinajstić information content (AvgIpc) is 3.19. The fourth-order valence-electron chi connectivity index (χ4n) is 4.77. The Balaban J connectivity index is 0.000000152. The Labute approximate surface area is 315 Å². The van der Waals surface area contributed by atoms with Crippen LogP contribution >= 0.6 is 0 Å². The van der Waals surface area contributed by atoms with Crippen molar-refractivity contribution in [3.63, 3.8) is 0 Å². The van der Waals surface area contributed by atoms with Gasteiger partial charge in [-0.25, -0.2) is 0 Å². The molecule has 0 aliphatic heterocycles. The molecular weight excluding hydrogens is 840 g/mol. The third-order valence-electron chi connectivity index (χ3n) is 7.22. The summed E-state index contributed by atoms with van der Waals surface area (Å²) in [5.74, 6) is 6.69. The van der Waals surface area contributed by atoms with E-state index in [1.807, 2.05) is 48.5 Å². The number of pyridine rings is 4. The molecule has 0 atom stereocenters. The van der Waals surface area contributed by atoms with E-state index in [2.05, 4.69) is 122 Å². The molecule has 7 rings (SSSR count). The molecule has 6 heteroatoms. The number of benzene rings is 3. The minimum absolute atomic E-state index is 0.164. The van der Waals surface area contributed by atoms with Crippen molar-refractivity contribution in [1.82, 2.24) is 19.9 Å². The van der Waals surface area contributed by atoms with Crippen molar-refractivity contribution in [1.29, 1.82) is 0 Å². The molecule has 0 fully saturated rings. The molecule has 0 N–H and O–H groups in total. The molecule has 50 heavy (non-hydrogen) atoms. The predicted octanol–water partition coefficient (Wildman–Crippen LogP) is 9.41. The summed E-state index contributed by atoms with van der Waals surface area (Å²) >= 11 is -0.329. The summed E-state index contributed by atoms with van der Waals surface area (Å²) in [4.78, 5) is 20.2. The Morgan fingerprint density at radius 2 is 0.740 bits per heavy atom. The second-order valence-electron chi connectivity index (χ2n) is 10.6. The van der Waals surface area contributed by atoms with Gasteiger partial charge in [0, 0.05) is 49.6 Å². The van der Waals surface area contributed by atoms with Gasteiger partial charge in [0.2, 0.25) is 0 Å². The van der Waals surface area contributed by atoms with Crippen LogP contribution < -0.4 is 0 Å². The molecule has 4 nitrogen and oxygen atoms in total. The van der Waals surface area contributed by atoms with Crippen molar-refractivity contribution in [2.45, 2.75) is 9.94 Å². The topological polar surface area (TPSA) is 51.6 Å². The molecule has 4 aromatic heterocycles. The van der Waals surface area contributed by atoms with E-state index in [-0.39, 0.29) is 41.8 Å². The van der Waals surface area contributed by atoms with E-state index < -0.39 is 0 Å². The molecule has 0 aliphatic rings. The number of fused-ring (bicyclic) bond motifs is 2. The van der Waals surface area contributed by atoms with Gasteiger partial charge in [-0.05, 0) is 70.8 Å². The predicted molar refractivity (Wildman–Crippen MR) is 213 cm³/mol. The molecule has 0 saturated heterocycles. The third kappa shape index (κ3) is 11.5. The average molecular weight is 874 g/mol. The van der Waals surface area contributed by atoms with Crippen LogP contribution in [0.3, 0.4) is 0 Å². The third-order valence-corrected chi connectivity index (χ3v) is 8.96. The zero-order valence-electron chi connectivity index (χ0n) is 27.8. The van der Waals surface area contributed by atoms with Crippen LogP contribution in [0.15, 0.2) is 147 Å². The van der Waals surface area contributed by atoms with Crippen LogP contribution in [0, 0.1) is 19.8 Å². The van der Waals surface area contributed by atoms with Crippen molar-refractivity contribution >= 4 is 87.7 Å². The van der Waals surface area contributed by atoms with Gasteiger partial charge in [0.1, 0.15) is 0 Å². The van der Waals surface area contributed by atoms with E-state index in [9.17, 15) is 0 Å². The van der Waals surface area contributed by atoms with Crippen LogP contribution in [0.25, 0.3) is 45.8 Å². The van der Waals surface area contributed by atoms with Gasteiger partial charge < -0.3 is 0 Å². The molecule has 0 aliphatic carbocycles. The number of hydrogen-bond donors (Lipinski definition) is 0. The molecule has 0 bridgehead atoms. The number of aromatic nitrogens is 4. The maximum atomic E-state index is 3.96. The van der Waals surface area contributed by atoms with Gasteiger partial charge in [-0.1, -0.05) is 24.3 Å². The van der Waals surface area contributed by atoms with E-state index in [0.29, 0.717) is 0 Å². The maximum absolute atomic E-state index is 3.96. The van der Waals surface area contributed by atoms with Crippen LogP contribution in [0.5, 0.6) is 0 Å². The van der Waals surface area contributed by atoms with E-state index in [0.717, 1.165) is 33.4 Å². The van der Waals surface area contributed by atoms with Gasteiger partial charge in [0.25, 0.3) is 0 Å². The van der Waals surface area contributed by atoms with Gasteiger partial charge in [-0.3, -0.25) is 19.9 Å². The Kier molecular flexibility index (Phi) is 14.8. The van der Waals surface area contributed by atoms with Crippen molar-refractivity contribution in [3.8, 4) is 19.8 Å². The van der Waals surface area contributed by atoms with E-state index >= 15 is 0 Å². The summed E-state index contributed by atoms with van der Waals surface area (Å²) in [7, 11) is 0. The summed E-state index contributed by atoms with van der Waals surface area (Å²) in [5.41, 5.74) is 6.87. The molecule has 3 aromatic carbocycles. The zero-order valence-corrected chi connectivity index (χ0v) is 32.4. The summed E-state index contributed by atoms with van der Waals surface area (Å²) in [6, 6.07) is 33.1. The SMILES string of the molecule is C(=C\c1ccncc1)/c1ccncc1.C(=C\c1ccncc1)/c1ccncc1.C[Te]C#Cc1cccc2cc3cccc(C#C[Te]C)c3cc12. The fourth-order valence-corrected chi connectivity index (χ4v) is 5.98. The van der Waals surface area contributed by atoms with Gasteiger partial charge in [-0.15, -0.1) is 0 Å². The second-order valence-corrected chi connectivity index (χ2v) is 14.1. The van der Waals surface area contributed by atoms with Crippen molar-refractivity contribution in [2.75, 3.05) is 0 Å². The van der Waals surface area contributed by atoms with E-state index in [1.165, 1.54) is 21.5 Å². The molecular formula is C44H34N4Te2. The molecule has 0 spiro atoms. The Bertz CT molecular complexity index is 2040. The van der Waals surface area contributed by atoms with Gasteiger partial charge >= 0.3 is 153 Å². The first-order valence-corrected chi connectivity index (χ1v) is 22.7. The molecule has 0 saturated carbocycles. The standard InChI is InChI=1S/C20H14Te2.2C12H10N2/c1-21-11-9-15-5-3-7-17-13-18-8-4-6-16(10-12-22-2)20(18)14-19(15)17;2*1(11-3-7-13-8-4-11)2-12-5-9-14-10-6-12/h3-8,13-14H,1-2H3;2*1-10H/b;2*2-1+. The number of rotatable bonds is 4. The van der Waals surface area contributed by atoms with Crippen LogP contribution in [-0.4, -0.2) is 61.8 Å². The Morgan fingerprint density at radius 3 is 1.04 bits per heavy atom. The summed E-state index contributed by atoms with van der Waals surface area (Å²) in [5, 5.41) is 4.99.